The summed E-state index contributed by atoms with van der Waals surface area (Å²) >= 11 is 0. The first-order valence-corrected chi connectivity index (χ1v) is 7.79. The normalized spacial score (nSPS) is 11.8. The van der Waals surface area contributed by atoms with Gasteiger partial charge >= 0.3 is 11.9 Å². The summed E-state index contributed by atoms with van der Waals surface area (Å²) in [6.45, 7) is 8.22. The van der Waals surface area contributed by atoms with Crippen LogP contribution in [0.4, 0.5) is 0 Å². The van der Waals surface area contributed by atoms with Crippen LogP contribution in [0.1, 0.15) is 40.5 Å². The molecule has 0 unspecified atom stereocenters. The molecule has 0 saturated heterocycles. The maximum absolute atomic E-state index is 12.1. The van der Waals surface area contributed by atoms with Crippen molar-refractivity contribution < 1.29 is 23.5 Å². The van der Waals surface area contributed by atoms with Gasteiger partial charge in [0.25, 0.3) is 0 Å². The molecule has 0 fully saturated rings. The molecule has 0 radical (unpaired) electrons. The Bertz CT molecular complexity index is 249. The summed E-state index contributed by atoms with van der Waals surface area (Å²) in [4.78, 5) is 24.2. The Morgan fingerprint density at radius 2 is 1.44 bits per heavy atom. The SMILES string of the molecule is CCCC([SiH2]OCC)(C(=O)OCC)C(=O)OCC. The summed E-state index contributed by atoms with van der Waals surface area (Å²) < 4.78 is 15.5. The minimum absolute atomic E-state index is 0.254. The van der Waals surface area contributed by atoms with Crippen LogP contribution in [0, 0.1) is 0 Å². The minimum atomic E-state index is -1.38. The van der Waals surface area contributed by atoms with E-state index in [0.717, 1.165) is 0 Å². The molecule has 0 rings (SSSR count). The Morgan fingerprint density at radius 3 is 1.78 bits per heavy atom. The van der Waals surface area contributed by atoms with Gasteiger partial charge in [0.1, 0.15) is 0 Å². The second kappa shape index (κ2) is 9.10. The third-order valence-corrected chi connectivity index (χ3v) is 4.60. The third kappa shape index (κ3) is 4.42. The molecule has 0 heterocycles. The van der Waals surface area contributed by atoms with Gasteiger partial charge < -0.3 is 13.9 Å². The molecule has 0 aromatic heterocycles. The van der Waals surface area contributed by atoms with Crippen molar-refractivity contribution in [1.82, 2.24) is 0 Å². The summed E-state index contributed by atoms with van der Waals surface area (Å²) in [6.07, 6.45) is 1.13. The van der Waals surface area contributed by atoms with Crippen LogP contribution < -0.4 is 0 Å². The maximum Gasteiger partial charge on any atom is 0.322 e. The number of carbonyl (C=O) groups is 2. The first-order valence-electron chi connectivity index (χ1n) is 6.51. The van der Waals surface area contributed by atoms with Crippen LogP contribution in [-0.4, -0.2) is 41.5 Å². The monoisotopic (exact) mass is 276 g/mol. The molecular weight excluding hydrogens is 252 g/mol. The maximum atomic E-state index is 12.1. The highest BCUT2D eigenvalue weighted by Crippen LogP contribution is 2.35. The van der Waals surface area contributed by atoms with E-state index in [-0.39, 0.29) is 13.2 Å². The van der Waals surface area contributed by atoms with Gasteiger partial charge in [-0.15, -0.1) is 0 Å². The molecular formula is C12H24O5Si. The van der Waals surface area contributed by atoms with Gasteiger partial charge in [-0.3, -0.25) is 9.59 Å². The Morgan fingerprint density at radius 1 is 0.944 bits per heavy atom. The lowest BCUT2D eigenvalue weighted by Crippen LogP contribution is -2.41. The van der Waals surface area contributed by atoms with Crippen molar-refractivity contribution in [1.29, 1.82) is 0 Å². The Hall–Kier alpha value is -0.883. The van der Waals surface area contributed by atoms with Gasteiger partial charge in [-0.25, -0.2) is 0 Å². The zero-order valence-corrected chi connectivity index (χ0v) is 13.2. The summed E-state index contributed by atoms with van der Waals surface area (Å²) in [6, 6.07) is 0. The van der Waals surface area contributed by atoms with E-state index in [9.17, 15) is 9.59 Å². The van der Waals surface area contributed by atoms with Crippen LogP contribution >= 0.6 is 0 Å². The van der Waals surface area contributed by atoms with Crippen molar-refractivity contribution >= 4 is 21.7 Å². The Labute approximate surface area is 111 Å². The highest BCUT2D eigenvalue weighted by Gasteiger charge is 2.49. The van der Waals surface area contributed by atoms with Crippen LogP contribution in [0.3, 0.4) is 0 Å². The quantitative estimate of drug-likeness (QED) is 0.360. The van der Waals surface area contributed by atoms with Gasteiger partial charge in [0, 0.05) is 6.61 Å². The number of carbonyl (C=O) groups excluding carboxylic acids is 2. The van der Waals surface area contributed by atoms with Gasteiger partial charge in [-0.05, 0) is 27.2 Å². The highest BCUT2D eigenvalue weighted by molar-refractivity contribution is 6.49. The second-order valence-electron chi connectivity index (χ2n) is 3.91. The summed E-state index contributed by atoms with van der Waals surface area (Å²) in [5, 5.41) is -1.18. The van der Waals surface area contributed by atoms with Crippen LogP contribution in [-0.2, 0) is 23.5 Å². The highest BCUT2D eigenvalue weighted by atomic mass is 28.2. The minimum Gasteiger partial charge on any atom is -0.465 e. The number of rotatable bonds is 9. The largest absolute Gasteiger partial charge is 0.465 e. The lowest BCUT2D eigenvalue weighted by atomic mass is 10.0. The van der Waals surface area contributed by atoms with E-state index >= 15 is 0 Å². The number of esters is 2. The standard InChI is InChI=1S/C12H24O5Si/c1-5-9-12(18-17-8-4,10(13)15-6-2)11(14)16-7-3/h5-9,18H2,1-4H3. The van der Waals surface area contributed by atoms with Gasteiger partial charge in [-0.1, -0.05) is 13.3 Å². The number of ether oxygens (including phenoxy) is 2. The zero-order valence-electron chi connectivity index (χ0n) is 11.8. The molecule has 0 bridgehead atoms. The van der Waals surface area contributed by atoms with Gasteiger partial charge in [0.05, 0.1) is 13.2 Å². The third-order valence-electron chi connectivity index (χ3n) is 2.56. The average Bonchev–Trinajstić information content (AvgIpc) is 2.35. The smallest absolute Gasteiger partial charge is 0.322 e. The summed E-state index contributed by atoms with van der Waals surface area (Å²) in [5.74, 6) is -0.990. The molecule has 0 atom stereocenters. The van der Waals surface area contributed by atoms with E-state index in [1.807, 2.05) is 13.8 Å². The predicted molar refractivity (Wildman–Crippen MR) is 71.0 cm³/mol. The van der Waals surface area contributed by atoms with E-state index in [0.29, 0.717) is 19.4 Å². The van der Waals surface area contributed by atoms with Gasteiger partial charge in [0.15, 0.2) is 14.8 Å². The lowest BCUT2D eigenvalue weighted by molar-refractivity contribution is -0.160. The van der Waals surface area contributed by atoms with E-state index in [4.69, 9.17) is 13.9 Å². The molecule has 0 aromatic carbocycles. The van der Waals surface area contributed by atoms with Gasteiger partial charge in [0.2, 0.25) is 0 Å². The Balaban J connectivity index is 5.12. The van der Waals surface area contributed by atoms with Gasteiger partial charge in [-0.2, -0.15) is 0 Å². The van der Waals surface area contributed by atoms with Crippen molar-refractivity contribution in [3.05, 3.63) is 0 Å². The van der Waals surface area contributed by atoms with Crippen LogP contribution in [0.15, 0.2) is 0 Å². The average molecular weight is 276 g/mol. The number of hydrogen-bond donors (Lipinski definition) is 0. The van der Waals surface area contributed by atoms with Crippen LogP contribution in [0.25, 0.3) is 0 Å². The molecule has 0 aliphatic rings. The first-order chi connectivity index (χ1) is 8.58. The topological polar surface area (TPSA) is 61.8 Å². The van der Waals surface area contributed by atoms with E-state index in [1.54, 1.807) is 13.8 Å². The van der Waals surface area contributed by atoms with Crippen molar-refractivity contribution in [2.75, 3.05) is 19.8 Å². The molecule has 5 nitrogen and oxygen atoms in total. The van der Waals surface area contributed by atoms with Crippen molar-refractivity contribution in [2.24, 2.45) is 0 Å². The molecule has 0 saturated carbocycles. The molecule has 0 aliphatic carbocycles. The molecule has 18 heavy (non-hydrogen) atoms. The van der Waals surface area contributed by atoms with E-state index < -0.39 is 26.7 Å². The zero-order chi connectivity index (χ0) is 14.0. The molecule has 6 heteroatoms. The van der Waals surface area contributed by atoms with Crippen LogP contribution in [0.5, 0.6) is 0 Å². The molecule has 0 amide bonds. The fourth-order valence-electron chi connectivity index (χ4n) is 1.72. The number of hydrogen-bond acceptors (Lipinski definition) is 5. The van der Waals surface area contributed by atoms with Crippen molar-refractivity contribution in [3.8, 4) is 0 Å². The van der Waals surface area contributed by atoms with Crippen LogP contribution in [0.2, 0.25) is 5.04 Å². The summed E-state index contributed by atoms with van der Waals surface area (Å²) in [5.41, 5.74) is 0. The summed E-state index contributed by atoms with van der Waals surface area (Å²) in [7, 11) is -1.38. The van der Waals surface area contributed by atoms with E-state index in [2.05, 4.69) is 0 Å². The lowest BCUT2D eigenvalue weighted by Gasteiger charge is -2.27. The fourth-order valence-corrected chi connectivity index (χ4v) is 3.21. The molecule has 0 spiro atoms. The predicted octanol–water partition coefficient (Wildman–Crippen LogP) is 1.19. The van der Waals surface area contributed by atoms with E-state index in [1.165, 1.54) is 0 Å². The first kappa shape index (κ1) is 17.1. The Kier molecular flexibility index (Phi) is 8.65. The molecule has 0 N–H and O–H groups in total. The molecule has 0 aromatic rings. The molecule has 0 aliphatic heterocycles. The fraction of sp³-hybridized carbons (Fsp3) is 0.833. The molecule has 106 valence electrons. The second-order valence-corrected chi connectivity index (χ2v) is 5.81. The van der Waals surface area contributed by atoms with Crippen molar-refractivity contribution in [3.63, 3.8) is 0 Å². The van der Waals surface area contributed by atoms with Crippen molar-refractivity contribution in [2.45, 2.75) is 45.6 Å².